The fourth-order valence-electron chi connectivity index (χ4n) is 1.20. The predicted molar refractivity (Wildman–Crippen MR) is 62.9 cm³/mol. The number of rotatable bonds is 5. The van der Waals surface area contributed by atoms with Crippen LogP contribution >= 0.6 is 11.6 Å². The number of hydrogen-bond acceptors (Lipinski definition) is 3. The van der Waals surface area contributed by atoms with E-state index < -0.39 is 4.92 Å². The van der Waals surface area contributed by atoms with Crippen LogP contribution in [0.2, 0.25) is 0 Å². The molecular weight excluding hydrogens is 230 g/mol. The second-order valence-electron chi connectivity index (χ2n) is 3.07. The van der Waals surface area contributed by atoms with Gasteiger partial charge in [0.25, 0.3) is 5.69 Å². The van der Waals surface area contributed by atoms with E-state index in [1.165, 1.54) is 12.1 Å². The van der Waals surface area contributed by atoms with Crippen LogP contribution in [0.25, 0.3) is 6.08 Å². The van der Waals surface area contributed by atoms with Crippen molar-refractivity contribution in [3.05, 3.63) is 45.5 Å². The van der Waals surface area contributed by atoms with Gasteiger partial charge in [0.05, 0.1) is 4.92 Å². The molecule has 5 heteroatoms. The third-order valence-electron chi connectivity index (χ3n) is 1.98. The van der Waals surface area contributed by atoms with Gasteiger partial charge in [-0.2, -0.15) is 0 Å². The largest absolute Gasteiger partial charge is 0.298 e. The van der Waals surface area contributed by atoms with Gasteiger partial charge in [-0.05, 0) is 18.1 Å². The molecule has 0 aromatic heterocycles. The Morgan fingerprint density at radius 1 is 1.38 bits per heavy atom. The first-order valence-corrected chi connectivity index (χ1v) is 5.18. The van der Waals surface area contributed by atoms with Crippen molar-refractivity contribution in [1.82, 2.24) is 0 Å². The average Bonchev–Trinajstić information content (AvgIpc) is 2.29. The maximum atomic E-state index is 10.8. The number of hydrogen-bond donors (Lipinski definition) is 0. The van der Waals surface area contributed by atoms with Crippen molar-refractivity contribution in [3.8, 4) is 0 Å². The first-order valence-electron chi connectivity index (χ1n) is 4.65. The van der Waals surface area contributed by atoms with Gasteiger partial charge in [-0.25, -0.2) is 0 Å². The highest BCUT2D eigenvalue weighted by atomic mass is 35.5. The molecule has 84 valence electrons. The quantitative estimate of drug-likeness (QED) is 0.343. The average molecular weight is 240 g/mol. The van der Waals surface area contributed by atoms with Gasteiger partial charge in [-0.15, -0.1) is 11.6 Å². The molecule has 0 aliphatic rings. The van der Waals surface area contributed by atoms with E-state index in [0.717, 1.165) is 0 Å². The molecule has 0 aliphatic carbocycles. The summed E-state index contributed by atoms with van der Waals surface area (Å²) in [5.41, 5.74) is 0.877. The summed E-state index contributed by atoms with van der Waals surface area (Å²) in [6, 6.07) is 4.17. The molecule has 0 N–H and O–H groups in total. The highest BCUT2D eigenvalue weighted by Gasteiger charge is 2.08. The summed E-state index contributed by atoms with van der Waals surface area (Å²) in [5.74, 6) is 0.500. The Bertz CT molecular complexity index is 429. The fourth-order valence-corrected chi connectivity index (χ4v) is 1.33. The van der Waals surface area contributed by atoms with Gasteiger partial charge in [0.15, 0.2) is 6.29 Å². The SMILES string of the molecule is O=Cc1cc([N+](=O)[O-])ccc1C=CCCCl. The number of aldehydes is 1. The Labute approximate surface area is 97.7 Å². The molecular formula is C11H10ClNO3. The number of non-ortho nitro benzene ring substituents is 1. The van der Waals surface area contributed by atoms with Crippen molar-refractivity contribution < 1.29 is 9.72 Å². The Morgan fingerprint density at radius 2 is 2.12 bits per heavy atom. The van der Waals surface area contributed by atoms with Crippen molar-refractivity contribution in [2.75, 3.05) is 5.88 Å². The molecule has 0 saturated carbocycles. The number of halogens is 1. The molecule has 0 atom stereocenters. The van der Waals surface area contributed by atoms with Crippen LogP contribution in [0.3, 0.4) is 0 Å². The maximum Gasteiger partial charge on any atom is 0.270 e. The molecule has 0 fully saturated rings. The molecule has 0 bridgehead atoms. The second-order valence-corrected chi connectivity index (χ2v) is 3.45. The zero-order valence-electron chi connectivity index (χ0n) is 8.43. The van der Waals surface area contributed by atoms with Crippen LogP contribution in [0.5, 0.6) is 0 Å². The summed E-state index contributed by atoms with van der Waals surface area (Å²) in [7, 11) is 0. The van der Waals surface area contributed by atoms with Crippen molar-refractivity contribution in [3.63, 3.8) is 0 Å². The summed E-state index contributed by atoms with van der Waals surface area (Å²) < 4.78 is 0. The molecule has 0 amide bonds. The van der Waals surface area contributed by atoms with E-state index in [1.54, 1.807) is 12.1 Å². The molecule has 16 heavy (non-hydrogen) atoms. The molecule has 1 aromatic rings. The topological polar surface area (TPSA) is 60.2 Å². The smallest absolute Gasteiger partial charge is 0.270 e. The van der Waals surface area contributed by atoms with Crippen LogP contribution < -0.4 is 0 Å². The van der Waals surface area contributed by atoms with Crippen molar-refractivity contribution >= 4 is 29.7 Å². The van der Waals surface area contributed by atoms with Crippen molar-refractivity contribution in [2.45, 2.75) is 6.42 Å². The van der Waals surface area contributed by atoms with Gasteiger partial charge >= 0.3 is 0 Å². The Kier molecular flexibility index (Phi) is 4.66. The Balaban J connectivity index is 3.02. The minimum Gasteiger partial charge on any atom is -0.298 e. The molecule has 0 unspecified atom stereocenters. The molecule has 0 spiro atoms. The van der Waals surface area contributed by atoms with E-state index in [-0.39, 0.29) is 5.69 Å². The van der Waals surface area contributed by atoms with Crippen molar-refractivity contribution in [1.29, 1.82) is 0 Å². The van der Waals surface area contributed by atoms with E-state index in [0.29, 0.717) is 29.7 Å². The van der Waals surface area contributed by atoms with Crippen LogP contribution in [0, 0.1) is 10.1 Å². The highest BCUT2D eigenvalue weighted by Crippen LogP contribution is 2.17. The summed E-state index contributed by atoms with van der Waals surface area (Å²) in [5, 5.41) is 10.5. The van der Waals surface area contributed by atoms with Gasteiger partial charge < -0.3 is 0 Å². The van der Waals surface area contributed by atoms with Crippen LogP contribution in [-0.2, 0) is 0 Å². The zero-order chi connectivity index (χ0) is 12.0. The van der Waals surface area contributed by atoms with E-state index in [2.05, 4.69) is 0 Å². The summed E-state index contributed by atoms with van der Waals surface area (Å²) in [6.07, 6.45) is 4.85. The lowest BCUT2D eigenvalue weighted by Gasteiger charge is -1.98. The summed E-state index contributed by atoms with van der Waals surface area (Å²) >= 11 is 5.50. The number of nitro groups is 1. The highest BCUT2D eigenvalue weighted by molar-refractivity contribution is 6.17. The van der Waals surface area contributed by atoms with E-state index in [9.17, 15) is 14.9 Å². The number of alkyl halides is 1. The minimum atomic E-state index is -0.529. The summed E-state index contributed by atoms with van der Waals surface area (Å²) in [4.78, 5) is 20.7. The molecule has 1 aromatic carbocycles. The number of nitro benzene ring substituents is 1. The zero-order valence-corrected chi connectivity index (χ0v) is 9.18. The Hall–Kier alpha value is -1.68. The molecule has 0 saturated heterocycles. The lowest BCUT2D eigenvalue weighted by Crippen LogP contribution is -1.92. The number of carbonyl (C=O) groups is 1. The van der Waals surface area contributed by atoms with Crippen LogP contribution in [0.4, 0.5) is 5.69 Å². The molecule has 0 radical (unpaired) electrons. The normalized spacial score (nSPS) is 10.6. The fraction of sp³-hybridized carbons (Fsp3) is 0.182. The van der Waals surface area contributed by atoms with E-state index >= 15 is 0 Å². The first kappa shape index (κ1) is 12.4. The Morgan fingerprint density at radius 3 is 2.69 bits per heavy atom. The second kappa shape index (κ2) is 6.02. The first-order chi connectivity index (χ1) is 7.69. The number of allylic oxidation sites excluding steroid dienone is 1. The standard InChI is InChI=1S/C11H10ClNO3/c12-6-2-1-3-9-4-5-11(13(15)16)7-10(9)8-14/h1,3-5,7-8H,2,6H2. The molecule has 0 aliphatic heterocycles. The number of nitrogens with zero attached hydrogens (tertiary/aromatic N) is 1. The van der Waals surface area contributed by atoms with Gasteiger partial charge in [0.2, 0.25) is 0 Å². The summed E-state index contributed by atoms with van der Waals surface area (Å²) in [6.45, 7) is 0. The minimum absolute atomic E-state index is 0.0865. The number of carbonyl (C=O) groups excluding carboxylic acids is 1. The lowest BCUT2D eigenvalue weighted by molar-refractivity contribution is -0.384. The van der Waals surface area contributed by atoms with Gasteiger partial charge in [0.1, 0.15) is 0 Å². The van der Waals surface area contributed by atoms with Gasteiger partial charge in [-0.3, -0.25) is 14.9 Å². The van der Waals surface area contributed by atoms with E-state index in [1.807, 2.05) is 6.08 Å². The third kappa shape index (κ3) is 3.17. The van der Waals surface area contributed by atoms with Crippen LogP contribution in [-0.4, -0.2) is 17.1 Å². The van der Waals surface area contributed by atoms with Gasteiger partial charge in [-0.1, -0.05) is 12.2 Å². The molecule has 1 rings (SSSR count). The monoisotopic (exact) mass is 239 g/mol. The van der Waals surface area contributed by atoms with E-state index in [4.69, 9.17) is 11.6 Å². The van der Waals surface area contributed by atoms with Crippen LogP contribution in [0.15, 0.2) is 24.3 Å². The van der Waals surface area contributed by atoms with Crippen molar-refractivity contribution in [2.24, 2.45) is 0 Å². The lowest BCUT2D eigenvalue weighted by atomic mass is 10.1. The number of benzene rings is 1. The van der Waals surface area contributed by atoms with Crippen LogP contribution in [0.1, 0.15) is 22.3 Å². The van der Waals surface area contributed by atoms with Gasteiger partial charge in [0, 0.05) is 23.6 Å². The predicted octanol–water partition coefficient (Wildman–Crippen LogP) is 3.05. The molecule has 0 heterocycles. The third-order valence-corrected chi connectivity index (χ3v) is 2.20. The molecule has 4 nitrogen and oxygen atoms in total. The maximum absolute atomic E-state index is 10.8.